The van der Waals surface area contributed by atoms with Gasteiger partial charge in [0.05, 0.1) is 22.8 Å². The van der Waals surface area contributed by atoms with E-state index in [1.807, 2.05) is 116 Å². The third kappa shape index (κ3) is 6.07. The van der Waals surface area contributed by atoms with Crippen molar-refractivity contribution in [2.24, 2.45) is 0 Å². The van der Waals surface area contributed by atoms with Crippen LogP contribution in [-0.2, 0) is 0 Å². The van der Waals surface area contributed by atoms with Gasteiger partial charge in [0.1, 0.15) is 11.5 Å². The summed E-state index contributed by atoms with van der Waals surface area (Å²) < 4.78 is 6.16. The average molecular weight is 710 g/mol. The molecule has 55 heavy (non-hydrogen) atoms. The van der Waals surface area contributed by atoms with Crippen molar-refractivity contribution in [3.63, 3.8) is 0 Å². The van der Waals surface area contributed by atoms with E-state index in [0.717, 1.165) is 101 Å². The number of pyridine rings is 3. The maximum absolute atomic E-state index is 6.16. The van der Waals surface area contributed by atoms with Gasteiger partial charge in [-0.15, -0.1) is 0 Å². The Morgan fingerprint density at radius 3 is 1.02 bits per heavy atom. The summed E-state index contributed by atoms with van der Waals surface area (Å²) in [6.07, 6.45) is 19.2. The molecule has 10 rings (SSSR count). The van der Waals surface area contributed by atoms with E-state index in [4.69, 9.17) is 14.7 Å². The lowest BCUT2D eigenvalue weighted by atomic mass is 10.0. The molecule has 260 valence electrons. The van der Waals surface area contributed by atoms with Gasteiger partial charge in [-0.1, -0.05) is 30.3 Å². The number of aromatic amines is 2. The van der Waals surface area contributed by atoms with E-state index in [1.165, 1.54) is 0 Å². The van der Waals surface area contributed by atoms with Gasteiger partial charge >= 0.3 is 0 Å². The number of hydrogen-bond acceptors (Lipinski definition) is 6. The minimum atomic E-state index is 0.747. The molecule has 0 saturated carbocycles. The fourth-order valence-corrected chi connectivity index (χ4v) is 7.29. The third-order valence-corrected chi connectivity index (χ3v) is 9.78. The second-order valence-corrected chi connectivity index (χ2v) is 13.1. The molecule has 0 aliphatic carbocycles. The predicted molar refractivity (Wildman–Crippen MR) is 221 cm³/mol. The van der Waals surface area contributed by atoms with E-state index < -0.39 is 0 Å². The summed E-state index contributed by atoms with van der Waals surface area (Å²) in [5.74, 6) is 1.53. The summed E-state index contributed by atoms with van der Waals surface area (Å²) in [5, 5.41) is 0. The maximum Gasteiger partial charge on any atom is 0.127 e. The lowest BCUT2D eigenvalue weighted by Gasteiger charge is -2.08. The number of rotatable bonds is 6. The highest BCUT2D eigenvalue weighted by molar-refractivity contribution is 5.99. The lowest BCUT2D eigenvalue weighted by Crippen LogP contribution is -1.90. The van der Waals surface area contributed by atoms with Gasteiger partial charge in [-0.05, 0) is 131 Å². The van der Waals surface area contributed by atoms with Gasteiger partial charge < -0.3 is 14.7 Å². The molecule has 8 bridgehead atoms. The number of fused-ring (bicyclic) bond motifs is 8. The monoisotopic (exact) mass is 709 g/mol. The number of benzene rings is 2. The second-order valence-electron chi connectivity index (χ2n) is 13.1. The van der Waals surface area contributed by atoms with Crippen molar-refractivity contribution < 1.29 is 4.74 Å². The Bertz CT molecular complexity index is 2880. The van der Waals surface area contributed by atoms with Crippen molar-refractivity contribution in [1.29, 1.82) is 0 Å². The van der Waals surface area contributed by atoms with Crippen LogP contribution in [0, 0.1) is 0 Å². The zero-order valence-electron chi connectivity index (χ0n) is 29.4. The lowest BCUT2D eigenvalue weighted by molar-refractivity contribution is 0.483. The molecule has 0 fully saturated rings. The minimum Gasteiger partial charge on any atom is -0.457 e. The van der Waals surface area contributed by atoms with Crippen LogP contribution in [0.3, 0.4) is 0 Å². The third-order valence-electron chi connectivity index (χ3n) is 9.78. The number of nitrogens with zero attached hydrogens (tertiary/aromatic N) is 5. The van der Waals surface area contributed by atoms with Gasteiger partial charge in [-0.25, -0.2) is 9.97 Å². The van der Waals surface area contributed by atoms with E-state index in [9.17, 15) is 0 Å². The quantitative estimate of drug-likeness (QED) is 0.178. The summed E-state index contributed by atoms with van der Waals surface area (Å²) in [7, 11) is 0. The highest BCUT2D eigenvalue weighted by atomic mass is 16.5. The molecule has 2 aliphatic rings. The molecule has 2 aliphatic heterocycles. The van der Waals surface area contributed by atoms with Crippen molar-refractivity contribution in [1.82, 2.24) is 34.9 Å². The molecule has 8 heteroatoms. The van der Waals surface area contributed by atoms with Crippen LogP contribution in [0.4, 0.5) is 0 Å². The first-order chi connectivity index (χ1) is 27.2. The average Bonchev–Trinajstić information content (AvgIpc) is 4.08. The fraction of sp³-hybridized carbons (Fsp3) is 0. The molecule has 0 radical (unpaired) electrons. The van der Waals surface area contributed by atoms with Crippen LogP contribution in [0.5, 0.6) is 11.5 Å². The molecule has 6 aromatic heterocycles. The predicted octanol–water partition coefficient (Wildman–Crippen LogP) is 11.3. The first-order valence-electron chi connectivity index (χ1n) is 18.0. The Morgan fingerprint density at radius 2 is 0.655 bits per heavy atom. The van der Waals surface area contributed by atoms with Crippen LogP contribution in [0.15, 0.2) is 152 Å². The van der Waals surface area contributed by atoms with Crippen molar-refractivity contribution in [3.8, 4) is 56.0 Å². The van der Waals surface area contributed by atoms with Gasteiger partial charge in [0.25, 0.3) is 0 Å². The van der Waals surface area contributed by atoms with E-state index in [2.05, 4.69) is 85.6 Å². The van der Waals surface area contributed by atoms with Crippen LogP contribution in [0.25, 0.3) is 90.9 Å². The highest BCUT2D eigenvalue weighted by Crippen LogP contribution is 2.38. The summed E-state index contributed by atoms with van der Waals surface area (Å²) in [5.41, 5.74) is 14.8. The molecule has 0 saturated heterocycles. The summed E-state index contributed by atoms with van der Waals surface area (Å²) >= 11 is 0. The smallest absolute Gasteiger partial charge is 0.127 e. The standard InChI is InChI=1S/C47H31N7O/c1-2-4-34(5-3-1)55-35-8-6-30(7-9-35)44-36-10-12-38(51-36)45(31-18-24-48-25-19-31)40-14-16-42(53-40)47(33-22-28-50-29-23-33)43-17-15-41(54-43)46(32-20-26-49-27-21-32)39-13-11-37(44)52-39/h1-29,51,54H. The Balaban J connectivity index is 1.30. The number of aromatic nitrogens is 7. The van der Waals surface area contributed by atoms with Crippen molar-refractivity contribution in [3.05, 3.63) is 175 Å². The number of nitrogens with one attached hydrogen (secondary N) is 2. The van der Waals surface area contributed by atoms with Crippen LogP contribution in [0.2, 0.25) is 0 Å². The van der Waals surface area contributed by atoms with Gasteiger partial charge in [-0.3, -0.25) is 15.0 Å². The zero-order valence-corrected chi connectivity index (χ0v) is 29.4. The van der Waals surface area contributed by atoms with E-state index in [-0.39, 0.29) is 0 Å². The maximum atomic E-state index is 6.16. The Hall–Kier alpha value is -7.71. The number of ether oxygens (including phenoxy) is 1. The number of H-pyrrole nitrogens is 2. The van der Waals surface area contributed by atoms with Crippen LogP contribution < -0.4 is 4.74 Å². The minimum absolute atomic E-state index is 0.747. The van der Waals surface area contributed by atoms with Crippen molar-refractivity contribution in [2.75, 3.05) is 0 Å². The Kier molecular flexibility index (Phi) is 7.96. The van der Waals surface area contributed by atoms with Gasteiger partial charge in [-0.2, -0.15) is 0 Å². The highest BCUT2D eigenvalue weighted by Gasteiger charge is 2.19. The summed E-state index contributed by atoms with van der Waals surface area (Å²) in [6.45, 7) is 0. The van der Waals surface area contributed by atoms with E-state index in [0.29, 0.717) is 0 Å². The SMILES string of the molecule is C1=Cc2nc1c(-c1ccncc1)c1ccc([nH]1)c(-c1ccncc1)c1nc(c(-c3ccc(Oc4ccccc4)cc3)c3ccc([nH]3)c2-c2ccncc2)C=C1. The first-order valence-corrected chi connectivity index (χ1v) is 18.0. The van der Waals surface area contributed by atoms with Gasteiger partial charge in [0.2, 0.25) is 0 Å². The first kappa shape index (κ1) is 32.0. The molecule has 0 atom stereocenters. The van der Waals surface area contributed by atoms with Crippen molar-refractivity contribution >= 4 is 46.4 Å². The summed E-state index contributed by atoms with van der Waals surface area (Å²) in [6, 6.07) is 38.5. The molecule has 8 heterocycles. The molecular weight excluding hydrogens is 679 g/mol. The zero-order chi connectivity index (χ0) is 36.6. The number of hydrogen-bond donors (Lipinski definition) is 2. The molecule has 0 spiro atoms. The van der Waals surface area contributed by atoms with Gasteiger partial charge in [0, 0.05) is 81.5 Å². The Labute approximate surface area is 316 Å². The normalized spacial score (nSPS) is 11.9. The second kappa shape index (κ2) is 13.7. The molecule has 8 nitrogen and oxygen atoms in total. The van der Waals surface area contributed by atoms with Crippen molar-refractivity contribution in [2.45, 2.75) is 0 Å². The number of para-hydroxylation sites is 1. The molecule has 0 amide bonds. The molecule has 2 aromatic carbocycles. The topological polar surface area (TPSA) is 105 Å². The van der Waals surface area contributed by atoms with Crippen LogP contribution in [-0.4, -0.2) is 34.9 Å². The fourth-order valence-electron chi connectivity index (χ4n) is 7.29. The largest absolute Gasteiger partial charge is 0.457 e. The molecule has 8 aromatic rings. The van der Waals surface area contributed by atoms with E-state index in [1.54, 1.807) is 0 Å². The molecular formula is C47H31N7O. The Morgan fingerprint density at radius 1 is 0.327 bits per heavy atom. The molecule has 0 unspecified atom stereocenters. The van der Waals surface area contributed by atoms with Crippen LogP contribution >= 0.6 is 0 Å². The van der Waals surface area contributed by atoms with Gasteiger partial charge in [0.15, 0.2) is 0 Å². The molecule has 2 N–H and O–H groups in total. The van der Waals surface area contributed by atoms with E-state index >= 15 is 0 Å². The van der Waals surface area contributed by atoms with Crippen LogP contribution in [0.1, 0.15) is 22.8 Å². The summed E-state index contributed by atoms with van der Waals surface area (Å²) in [4.78, 5) is 31.2.